The van der Waals surface area contributed by atoms with Crippen molar-refractivity contribution in [1.29, 1.82) is 0 Å². The number of allylic oxidation sites excluding steroid dienone is 4. The Kier molecular flexibility index (Phi) is 9.33. The molecule has 222 valence electrons. The highest BCUT2D eigenvalue weighted by Gasteiger charge is 2.39. The number of methoxy groups -OCH3 is 1. The molecule has 0 fully saturated rings. The van der Waals surface area contributed by atoms with Gasteiger partial charge in [-0.25, -0.2) is 0 Å². The number of ether oxygens (including phenoxy) is 2. The van der Waals surface area contributed by atoms with Crippen molar-refractivity contribution in [2.45, 2.75) is 19.3 Å². The van der Waals surface area contributed by atoms with Gasteiger partial charge in [0.2, 0.25) is 0 Å². The van der Waals surface area contributed by atoms with E-state index in [1.165, 1.54) is 37.6 Å². The Bertz CT molecular complexity index is 1880. The van der Waals surface area contributed by atoms with Crippen LogP contribution in [0.5, 0.6) is 17.2 Å². The largest absolute Gasteiger partial charge is 0.496 e. The number of benzene rings is 5. The van der Waals surface area contributed by atoms with Crippen LogP contribution in [0.1, 0.15) is 25.0 Å². The fourth-order valence-electron chi connectivity index (χ4n) is 5.99. The van der Waals surface area contributed by atoms with Gasteiger partial charge in [-0.15, -0.1) is 6.42 Å². The van der Waals surface area contributed by atoms with Gasteiger partial charge in [0.15, 0.2) is 0 Å². The van der Waals surface area contributed by atoms with Crippen LogP contribution in [0.4, 0.5) is 0 Å². The zero-order valence-corrected chi connectivity index (χ0v) is 27.6. The van der Waals surface area contributed by atoms with Crippen molar-refractivity contribution in [1.82, 2.24) is 0 Å². The summed E-state index contributed by atoms with van der Waals surface area (Å²) in [6, 6.07) is 43.3. The second kappa shape index (κ2) is 13.7. The Morgan fingerprint density at radius 2 is 1.27 bits per heavy atom. The van der Waals surface area contributed by atoms with Gasteiger partial charge in [-0.1, -0.05) is 153 Å². The van der Waals surface area contributed by atoms with E-state index in [9.17, 15) is 0 Å². The lowest BCUT2D eigenvalue weighted by Crippen LogP contribution is -2.32. The summed E-state index contributed by atoms with van der Waals surface area (Å²) in [5, 5.41) is 6.17. The van der Waals surface area contributed by atoms with Crippen LogP contribution in [0.15, 0.2) is 146 Å². The van der Waals surface area contributed by atoms with Crippen molar-refractivity contribution in [3.05, 3.63) is 157 Å². The van der Waals surface area contributed by atoms with Gasteiger partial charge in [-0.2, -0.15) is 0 Å². The molecule has 1 aliphatic rings. The third-order valence-electron chi connectivity index (χ3n) is 8.21. The smallest absolute Gasteiger partial charge is 0.139 e. The number of rotatable bonds is 9. The lowest BCUT2D eigenvalue weighted by atomic mass is 9.76. The highest BCUT2D eigenvalue weighted by molar-refractivity contribution is 7.80. The van der Waals surface area contributed by atoms with Crippen LogP contribution in [-0.2, 0) is 5.41 Å². The van der Waals surface area contributed by atoms with Crippen LogP contribution in [-0.4, -0.2) is 13.3 Å². The molecule has 1 unspecified atom stereocenters. The molecule has 1 aliphatic heterocycles. The van der Waals surface area contributed by atoms with Gasteiger partial charge in [0.25, 0.3) is 0 Å². The van der Waals surface area contributed by atoms with E-state index in [0.717, 1.165) is 23.4 Å². The molecule has 0 N–H and O–H groups in total. The molecule has 5 aromatic rings. The molecule has 0 aromatic heterocycles. The number of hydrogen-bond acceptors (Lipinski definition) is 2. The van der Waals surface area contributed by atoms with E-state index in [4.69, 9.17) is 15.9 Å². The molecule has 0 radical (unpaired) electrons. The average molecular weight is 623 g/mol. The zero-order valence-electron chi connectivity index (χ0n) is 25.9. The quantitative estimate of drug-likeness (QED) is 0.0941. The van der Waals surface area contributed by atoms with E-state index in [1.54, 1.807) is 13.2 Å². The fraction of sp³-hybridized carbons (Fsp3) is 0.122. The highest BCUT2D eigenvalue weighted by Crippen LogP contribution is 2.52. The van der Waals surface area contributed by atoms with E-state index in [-0.39, 0.29) is 5.41 Å². The molecule has 0 saturated carbocycles. The molecule has 5 aromatic carbocycles. The highest BCUT2D eigenvalue weighted by atomic mass is 31.1. The Morgan fingerprint density at radius 1 is 0.689 bits per heavy atom. The third-order valence-corrected chi connectivity index (χ3v) is 13.1. The van der Waals surface area contributed by atoms with Crippen molar-refractivity contribution < 1.29 is 9.47 Å². The zero-order chi connectivity index (χ0) is 31.2. The van der Waals surface area contributed by atoms with Crippen molar-refractivity contribution in [3.63, 3.8) is 0 Å². The molecule has 4 heteroatoms. The van der Waals surface area contributed by atoms with Gasteiger partial charge in [0.1, 0.15) is 17.2 Å². The predicted octanol–water partition coefficient (Wildman–Crippen LogP) is 8.06. The number of para-hydroxylation sites is 3. The molecule has 2 atom stereocenters. The molecule has 0 amide bonds. The van der Waals surface area contributed by atoms with Crippen LogP contribution >= 0.6 is 15.8 Å². The van der Waals surface area contributed by atoms with Gasteiger partial charge >= 0.3 is 0 Å². The number of fused-ring (bicyclic) bond motifs is 2. The molecule has 45 heavy (non-hydrogen) atoms. The minimum atomic E-state index is -0.982. The van der Waals surface area contributed by atoms with Gasteiger partial charge in [-0.3, -0.25) is 0 Å². The fourth-order valence-corrected chi connectivity index (χ4v) is 10.7. The van der Waals surface area contributed by atoms with E-state index >= 15 is 0 Å². The summed E-state index contributed by atoms with van der Waals surface area (Å²) < 4.78 is 13.2. The van der Waals surface area contributed by atoms with Crippen molar-refractivity contribution >= 4 is 42.4 Å². The lowest BCUT2D eigenvalue weighted by Gasteiger charge is -2.38. The third kappa shape index (κ3) is 6.13. The normalized spacial score (nSPS) is 14.6. The lowest BCUT2D eigenvalue weighted by molar-refractivity contribution is 0.418. The Morgan fingerprint density at radius 3 is 1.93 bits per heavy atom. The molecular formula is C41H36O2P2. The molecule has 0 aliphatic carbocycles. The summed E-state index contributed by atoms with van der Waals surface area (Å²) in [5.41, 5.74) is 2.15. The summed E-state index contributed by atoms with van der Waals surface area (Å²) in [6.07, 6.45) is 14.2. The van der Waals surface area contributed by atoms with Crippen LogP contribution in [0.25, 0.3) is 0 Å². The van der Waals surface area contributed by atoms with Crippen LogP contribution in [0.3, 0.4) is 0 Å². The first kappa shape index (κ1) is 30.6. The van der Waals surface area contributed by atoms with Crippen LogP contribution in [0, 0.1) is 12.3 Å². The summed E-state index contributed by atoms with van der Waals surface area (Å²) in [4.78, 5) is 0. The molecular weight excluding hydrogens is 586 g/mol. The Balaban J connectivity index is 1.54. The van der Waals surface area contributed by atoms with E-state index in [1.807, 2.05) is 18.2 Å². The molecule has 1 heterocycles. The predicted molar refractivity (Wildman–Crippen MR) is 195 cm³/mol. The average Bonchev–Trinajstić information content (AvgIpc) is 3.08. The topological polar surface area (TPSA) is 18.5 Å². The van der Waals surface area contributed by atoms with Crippen LogP contribution < -0.4 is 36.0 Å². The van der Waals surface area contributed by atoms with Crippen molar-refractivity contribution in [3.8, 4) is 29.6 Å². The number of hydrogen-bond donors (Lipinski definition) is 0. The van der Waals surface area contributed by atoms with Gasteiger partial charge in [0, 0.05) is 32.5 Å². The van der Waals surface area contributed by atoms with E-state index in [0.29, 0.717) is 0 Å². The standard InChI is InChI=1S/C41H36O2P2/c1-5-6-7-8-17-30-44(31-20-11-9-12-21-31)37-28-18-24-33-39(37)43-40-34(41(33,2)3)25-19-29-38(40)45(32-22-13-10-14-23-32)36-27-16-15-26-35(36)42-4/h1,6-29H,30H2,2-4H3/b7-6-,17-8-/t44?,45-/m0/s1. The maximum absolute atomic E-state index is 7.25. The SMILES string of the molecule is C#C/C=C\C=C/CP(c1ccccc1)c1cccc2c1Oc1c([P@@](c3ccccc3)c3ccccc3OC)cccc1C2(C)C. The summed E-state index contributed by atoms with van der Waals surface area (Å²) in [7, 11) is 0.0212. The van der Waals surface area contributed by atoms with Crippen molar-refractivity contribution in [2.24, 2.45) is 0 Å². The molecule has 0 spiro atoms. The first-order valence-corrected chi connectivity index (χ1v) is 17.9. The van der Waals surface area contributed by atoms with E-state index < -0.39 is 15.8 Å². The van der Waals surface area contributed by atoms with Gasteiger partial charge < -0.3 is 9.47 Å². The minimum absolute atomic E-state index is 0.267. The van der Waals surface area contributed by atoms with Gasteiger partial charge in [-0.05, 0) is 44.8 Å². The van der Waals surface area contributed by atoms with Crippen molar-refractivity contribution in [2.75, 3.05) is 13.3 Å². The molecule has 2 nitrogen and oxygen atoms in total. The minimum Gasteiger partial charge on any atom is -0.496 e. The second-order valence-corrected chi connectivity index (χ2v) is 15.6. The first-order chi connectivity index (χ1) is 22.0. The number of terminal acetylenes is 1. The second-order valence-electron chi connectivity index (χ2n) is 11.3. The Hall–Kier alpha value is -4.40. The van der Waals surface area contributed by atoms with E-state index in [2.05, 4.69) is 141 Å². The first-order valence-electron chi connectivity index (χ1n) is 15.1. The monoisotopic (exact) mass is 622 g/mol. The molecule has 0 saturated heterocycles. The summed E-state index contributed by atoms with van der Waals surface area (Å²) >= 11 is 0. The van der Waals surface area contributed by atoms with Crippen LogP contribution in [0.2, 0.25) is 0 Å². The maximum atomic E-state index is 7.25. The van der Waals surface area contributed by atoms with Gasteiger partial charge in [0.05, 0.1) is 7.11 Å². The summed E-state index contributed by atoms with van der Waals surface area (Å²) in [6.45, 7) is 4.65. The summed E-state index contributed by atoms with van der Waals surface area (Å²) in [5.74, 6) is 5.40. The molecule has 6 rings (SSSR count). The Labute approximate surface area is 270 Å². The maximum Gasteiger partial charge on any atom is 0.139 e. The molecule has 0 bridgehead atoms.